The zero-order chi connectivity index (χ0) is 18.9. The number of nitrogens with zero attached hydrogens (tertiary/aromatic N) is 1. The number of carbonyl (C=O) groups excluding carboxylic acids is 1. The van der Waals surface area contributed by atoms with Crippen molar-refractivity contribution in [3.8, 4) is 0 Å². The molecule has 1 heterocycles. The van der Waals surface area contributed by atoms with E-state index in [1.807, 2.05) is 6.92 Å². The Balaban J connectivity index is 1.52. The Morgan fingerprint density at radius 2 is 2.08 bits per heavy atom. The van der Waals surface area contributed by atoms with Gasteiger partial charge in [0.15, 0.2) is 0 Å². The fourth-order valence-electron chi connectivity index (χ4n) is 3.95. The number of amides is 1. The highest BCUT2D eigenvalue weighted by Gasteiger charge is 2.63. The molecule has 1 aromatic rings. The summed E-state index contributed by atoms with van der Waals surface area (Å²) in [6.07, 6.45) is -1.58. The normalized spacial score (nSPS) is 27.2. The summed E-state index contributed by atoms with van der Waals surface area (Å²) in [5.41, 5.74) is 0.0158. The van der Waals surface area contributed by atoms with Crippen LogP contribution in [-0.4, -0.2) is 35.9 Å². The van der Waals surface area contributed by atoms with Gasteiger partial charge >= 0.3 is 6.18 Å². The van der Waals surface area contributed by atoms with Crippen LogP contribution in [0.4, 0.5) is 13.2 Å². The molecule has 2 fully saturated rings. The molecule has 1 unspecified atom stereocenters. The molecule has 8 heteroatoms. The first-order valence-electron chi connectivity index (χ1n) is 8.88. The number of carbonyl (C=O) groups is 1. The van der Waals surface area contributed by atoms with Crippen molar-refractivity contribution >= 4 is 5.91 Å². The van der Waals surface area contributed by atoms with E-state index in [4.69, 9.17) is 4.74 Å². The molecule has 1 atom stereocenters. The number of nitrogens with one attached hydrogen (secondary N) is 1. The van der Waals surface area contributed by atoms with Crippen molar-refractivity contribution < 1.29 is 22.7 Å². The number of hydrogen-bond donors (Lipinski definition) is 1. The molecule has 26 heavy (non-hydrogen) atoms. The maximum Gasteiger partial charge on any atom is 0.389 e. The first-order chi connectivity index (χ1) is 12.2. The number of hydrogen-bond acceptors (Lipinski definition) is 3. The summed E-state index contributed by atoms with van der Waals surface area (Å²) in [6.45, 7) is 3.15. The van der Waals surface area contributed by atoms with E-state index in [2.05, 4.69) is 5.32 Å². The highest BCUT2D eigenvalue weighted by atomic mass is 19.4. The Morgan fingerprint density at radius 3 is 2.73 bits per heavy atom. The van der Waals surface area contributed by atoms with Gasteiger partial charge in [0.05, 0.1) is 12.2 Å². The van der Waals surface area contributed by atoms with E-state index in [0.29, 0.717) is 38.2 Å². The Hall–Kier alpha value is -1.83. The Labute approximate surface area is 149 Å². The van der Waals surface area contributed by atoms with E-state index in [9.17, 15) is 22.8 Å². The van der Waals surface area contributed by atoms with Crippen LogP contribution in [0.3, 0.4) is 0 Å². The standard InChI is InChI=1S/C18H23F3N2O3/c1-2-26-6-5-23-11-13(3-4-15(23)24)16(25)22-14-10-17(14)7-12(8-17)9-18(19,20)21/h3-4,11-12,14H,2,5-10H2,1H3,(H,22,25). The molecule has 1 aromatic heterocycles. The summed E-state index contributed by atoms with van der Waals surface area (Å²) >= 11 is 0. The quantitative estimate of drug-likeness (QED) is 0.749. The highest BCUT2D eigenvalue weighted by molar-refractivity contribution is 5.94. The molecule has 0 radical (unpaired) electrons. The van der Waals surface area contributed by atoms with Crippen LogP contribution in [0.25, 0.3) is 0 Å². The third-order valence-corrected chi connectivity index (χ3v) is 5.33. The van der Waals surface area contributed by atoms with Crippen molar-refractivity contribution in [2.24, 2.45) is 11.3 Å². The highest BCUT2D eigenvalue weighted by Crippen LogP contribution is 2.64. The van der Waals surface area contributed by atoms with Gasteiger partial charge in [-0.15, -0.1) is 0 Å². The molecule has 0 aromatic carbocycles. The van der Waals surface area contributed by atoms with Gasteiger partial charge in [-0.05, 0) is 43.6 Å². The smallest absolute Gasteiger partial charge is 0.380 e. The van der Waals surface area contributed by atoms with Crippen molar-refractivity contribution in [1.82, 2.24) is 9.88 Å². The minimum Gasteiger partial charge on any atom is -0.380 e. The summed E-state index contributed by atoms with van der Waals surface area (Å²) in [4.78, 5) is 24.2. The van der Waals surface area contributed by atoms with Gasteiger partial charge in [-0.25, -0.2) is 0 Å². The van der Waals surface area contributed by atoms with Gasteiger partial charge in [0.1, 0.15) is 0 Å². The third kappa shape index (κ3) is 4.28. The maximum atomic E-state index is 12.4. The van der Waals surface area contributed by atoms with Crippen LogP contribution < -0.4 is 10.9 Å². The van der Waals surface area contributed by atoms with Crippen LogP contribution in [0, 0.1) is 11.3 Å². The fourth-order valence-corrected chi connectivity index (χ4v) is 3.95. The monoisotopic (exact) mass is 372 g/mol. The topological polar surface area (TPSA) is 60.3 Å². The molecule has 1 amide bonds. The van der Waals surface area contributed by atoms with Gasteiger partial charge < -0.3 is 14.6 Å². The molecule has 1 spiro atoms. The van der Waals surface area contributed by atoms with E-state index >= 15 is 0 Å². The lowest BCUT2D eigenvalue weighted by atomic mass is 9.69. The van der Waals surface area contributed by atoms with Crippen molar-refractivity contribution in [2.45, 2.75) is 51.4 Å². The lowest BCUT2D eigenvalue weighted by Crippen LogP contribution is -2.38. The van der Waals surface area contributed by atoms with E-state index in [0.717, 1.165) is 6.42 Å². The van der Waals surface area contributed by atoms with E-state index in [1.165, 1.54) is 22.9 Å². The number of rotatable bonds is 7. The zero-order valence-corrected chi connectivity index (χ0v) is 14.6. The zero-order valence-electron chi connectivity index (χ0n) is 14.6. The van der Waals surface area contributed by atoms with E-state index in [-0.39, 0.29) is 28.8 Å². The average molecular weight is 372 g/mol. The lowest BCUT2D eigenvalue weighted by Gasteiger charge is -2.37. The molecule has 1 N–H and O–H groups in total. The molecule has 0 bridgehead atoms. The van der Waals surface area contributed by atoms with Crippen LogP contribution >= 0.6 is 0 Å². The first-order valence-corrected chi connectivity index (χ1v) is 8.88. The van der Waals surface area contributed by atoms with Crippen molar-refractivity contribution in [3.05, 3.63) is 34.2 Å². The van der Waals surface area contributed by atoms with Gasteiger partial charge in [-0.1, -0.05) is 0 Å². The van der Waals surface area contributed by atoms with Gasteiger partial charge in [0.25, 0.3) is 11.5 Å². The number of alkyl halides is 3. The molecule has 144 valence electrons. The summed E-state index contributed by atoms with van der Waals surface area (Å²) in [6, 6.07) is 2.74. The van der Waals surface area contributed by atoms with Crippen LogP contribution in [0.1, 0.15) is 43.0 Å². The fraction of sp³-hybridized carbons (Fsp3) is 0.667. The maximum absolute atomic E-state index is 12.4. The van der Waals surface area contributed by atoms with Crippen LogP contribution in [0.5, 0.6) is 0 Å². The Kier molecular flexibility index (Phi) is 5.14. The predicted molar refractivity (Wildman–Crippen MR) is 88.9 cm³/mol. The minimum absolute atomic E-state index is 0.0664. The molecule has 2 aliphatic rings. The second-order valence-electron chi connectivity index (χ2n) is 7.33. The molecule has 3 rings (SSSR count). The second kappa shape index (κ2) is 7.06. The first kappa shape index (κ1) is 18.9. The number of aromatic nitrogens is 1. The predicted octanol–water partition coefficient (Wildman–Crippen LogP) is 2.74. The molecule has 0 aliphatic heterocycles. The molecule has 0 saturated heterocycles. The Morgan fingerprint density at radius 1 is 1.35 bits per heavy atom. The second-order valence-corrected chi connectivity index (χ2v) is 7.33. The lowest BCUT2D eigenvalue weighted by molar-refractivity contribution is -0.155. The van der Waals surface area contributed by atoms with Crippen molar-refractivity contribution in [3.63, 3.8) is 0 Å². The summed E-state index contributed by atoms with van der Waals surface area (Å²) in [5, 5.41) is 2.89. The Bertz CT molecular complexity index is 723. The molecule has 5 nitrogen and oxygen atoms in total. The van der Waals surface area contributed by atoms with Crippen LogP contribution in [0.2, 0.25) is 0 Å². The SMILES string of the molecule is CCOCCn1cc(C(=O)NC2CC23CC(CC(F)(F)F)C3)ccc1=O. The van der Waals surface area contributed by atoms with Gasteiger partial charge in [0.2, 0.25) is 0 Å². The van der Waals surface area contributed by atoms with Gasteiger partial charge in [0, 0.05) is 37.9 Å². The minimum atomic E-state index is -4.12. The van der Waals surface area contributed by atoms with E-state index < -0.39 is 12.6 Å². The number of pyridine rings is 1. The van der Waals surface area contributed by atoms with Crippen molar-refractivity contribution in [2.75, 3.05) is 13.2 Å². The average Bonchev–Trinajstić information content (AvgIpc) is 3.21. The van der Waals surface area contributed by atoms with Crippen LogP contribution in [-0.2, 0) is 11.3 Å². The number of ether oxygens (including phenoxy) is 1. The third-order valence-electron chi connectivity index (χ3n) is 5.33. The summed E-state index contributed by atoms with van der Waals surface area (Å²) in [5.74, 6) is -0.617. The summed E-state index contributed by atoms with van der Waals surface area (Å²) in [7, 11) is 0. The van der Waals surface area contributed by atoms with Crippen molar-refractivity contribution in [1.29, 1.82) is 0 Å². The van der Waals surface area contributed by atoms with E-state index in [1.54, 1.807) is 0 Å². The molecule has 2 aliphatic carbocycles. The molecular weight excluding hydrogens is 349 g/mol. The van der Waals surface area contributed by atoms with Crippen LogP contribution in [0.15, 0.2) is 23.1 Å². The van der Waals surface area contributed by atoms with Gasteiger partial charge in [-0.3, -0.25) is 9.59 Å². The molecule has 2 saturated carbocycles. The van der Waals surface area contributed by atoms with Gasteiger partial charge in [-0.2, -0.15) is 13.2 Å². The molecular formula is C18H23F3N2O3. The largest absolute Gasteiger partial charge is 0.389 e. The summed E-state index contributed by atoms with van der Waals surface area (Å²) < 4.78 is 43.9. The number of halogens is 3.